The summed E-state index contributed by atoms with van der Waals surface area (Å²) in [6.07, 6.45) is 9.89. The standard InChI is InChI=1S/C23H40N6O/c1-3-24-23(26-11-7-17-30-21-8-5-4-6-9-21)27-19-20-10-12-25-22(18-20)29-15-13-28(2)14-16-29/h10,12,18,21H,3-9,11,13-17,19H2,1-2H3,(H2,24,26,27). The second-order valence-electron chi connectivity index (χ2n) is 8.42. The second-order valence-corrected chi connectivity index (χ2v) is 8.42. The first-order chi connectivity index (χ1) is 14.7. The second kappa shape index (κ2) is 12.7. The third-order valence-corrected chi connectivity index (χ3v) is 5.92. The van der Waals surface area contributed by atoms with Gasteiger partial charge < -0.3 is 25.2 Å². The molecular formula is C23H40N6O. The maximum Gasteiger partial charge on any atom is 0.191 e. The molecule has 1 saturated heterocycles. The lowest BCUT2D eigenvalue weighted by Crippen LogP contribution is -2.44. The molecule has 1 aliphatic carbocycles. The number of nitrogens with one attached hydrogen (secondary N) is 2. The van der Waals surface area contributed by atoms with Crippen molar-refractivity contribution in [3.63, 3.8) is 0 Å². The Morgan fingerprint density at radius 1 is 1.17 bits per heavy atom. The van der Waals surface area contributed by atoms with Gasteiger partial charge in [0, 0.05) is 52.1 Å². The molecule has 30 heavy (non-hydrogen) atoms. The van der Waals surface area contributed by atoms with Crippen LogP contribution in [0.3, 0.4) is 0 Å². The van der Waals surface area contributed by atoms with E-state index in [1.165, 1.54) is 37.7 Å². The number of piperazine rings is 1. The van der Waals surface area contributed by atoms with E-state index < -0.39 is 0 Å². The molecule has 0 spiro atoms. The Bertz CT molecular complexity index is 638. The number of likely N-dealkylation sites (N-methyl/N-ethyl adjacent to an activating group) is 1. The highest BCUT2D eigenvalue weighted by Gasteiger charge is 2.15. The Morgan fingerprint density at radius 3 is 2.73 bits per heavy atom. The predicted octanol–water partition coefficient (Wildman–Crippen LogP) is 2.63. The molecule has 0 bridgehead atoms. The van der Waals surface area contributed by atoms with Gasteiger partial charge in [-0.25, -0.2) is 9.98 Å². The minimum absolute atomic E-state index is 0.488. The molecule has 7 nitrogen and oxygen atoms in total. The first kappa shape index (κ1) is 22.8. The Morgan fingerprint density at radius 2 is 1.97 bits per heavy atom. The van der Waals surface area contributed by atoms with Gasteiger partial charge in [0.25, 0.3) is 0 Å². The molecule has 1 saturated carbocycles. The van der Waals surface area contributed by atoms with Crippen molar-refractivity contribution in [1.82, 2.24) is 20.5 Å². The molecule has 2 N–H and O–H groups in total. The van der Waals surface area contributed by atoms with Crippen LogP contribution in [0.4, 0.5) is 5.82 Å². The van der Waals surface area contributed by atoms with Crippen LogP contribution in [0.15, 0.2) is 23.3 Å². The molecule has 0 unspecified atom stereocenters. The number of guanidine groups is 1. The molecule has 1 aromatic heterocycles. The van der Waals surface area contributed by atoms with E-state index in [4.69, 9.17) is 9.73 Å². The summed E-state index contributed by atoms with van der Waals surface area (Å²) < 4.78 is 6.02. The van der Waals surface area contributed by atoms with Crippen molar-refractivity contribution in [2.45, 2.75) is 58.1 Å². The summed E-state index contributed by atoms with van der Waals surface area (Å²) in [6, 6.07) is 4.24. The van der Waals surface area contributed by atoms with Crippen LogP contribution in [0, 0.1) is 0 Å². The number of pyridine rings is 1. The highest BCUT2D eigenvalue weighted by Crippen LogP contribution is 2.20. The Labute approximate surface area is 182 Å². The zero-order chi connectivity index (χ0) is 21.0. The average molecular weight is 417 g/mol. The molecule has 1 aliphatic heterocycles. The monoisotopic (exact) mass is 416 g/mol. The van der Waals surface area contributed by atoms with E-state index in [1.807, 2.05) is 6.20 Å². The average Bonchev–Trinajstić information content (AvgIpc) is 2.78. The summed E-state index contributed by atoms with van der Waals surface area (Å²) in [4.78, 5) is 14.1. The van der Waals surface area contributed by atoms with E-state index in [0.29, 0.717) is 12.6 Å². The number of ether oxygens (including phenoxy) is 1. The summed E-state index contributed by atoms with van der Waals surface area (Å²) in [5, 5.41) is 6.78. The molecule has 0 aromatic carbocycles. The Balaban J connectivity index is 1.42. The molecule has 0 atom stereocenters. The summed E-state index contributed by atoms with van der Waals surface area (Å²) >= 11 is 0. The van der Waals surface area contributed by atoms with Crippen LogP contribution in [-0.2, 0) is 11.3 Å². The lowest BCUT2D eigenvalue weighted by Gasteiger charge is -2.33. The number of anilines is 1. The normalized spacial score (nSPS) is 19.1. The smallest absolute Gasteiger partial charge is 0.191 e. The van der Waals surface area contributed by atoms with Crippen molar-refractivity contribution in [3.8, 4) is 0 Å². The minimum Gasteiger partial charge on any atom is -0.378 e. The lowest BCUT2D eigenvalue weighted by atomic mass is 9.98. The number of aromatic nitrogens is 1. The van der Waals surface area contributed by atoms with Gasteiger partial charge in [-0.3, -0.25) is 0 Å². The maximum atomic E-state index is 6.02. The number of nitrogens with zero attached hydrogens (tertiary/aromatic N) is 4. The van der Waals surface area contributed by atoms with Crippen LogP contribution in [0.2, 0.25) is 0 Å². The van der Waals surface area contributed by atoms with Crippen molar-refractivity contribution in [3.05, 3.63) is 23.9 Å². The molecule has 3 rings (SSSR count). The topological polar surface area (TPSA) is 65.0 Å². The Hall–Kier alpha value is -1.86. The zero-order valence-electron chi connectivity index (χ0n) is 18.9. The first-order valence-electron chi connectivity index (χ1n) is 11.8. The predicted molar refractivity (Wildman–Crippen MR) is 124 cm³/mol. The van der Waals surface area contributed by atoms with Gasteiger partial charge in [-0.2, -0.15) is 0 Å². The zero-order valence-corrected chi connectivity index (χ0v) is 18.9. The highest BCUT2D eigenvalue weighted by molar-refractivity contribution is 5.79. The van der Waals surface area contributed by atoms with E-state index in [2.05, 4.69) is 51.5 Å². The summed E-state index contributed by atoms with van der Waals surface area (Å²) in [7, 11) is 2.17. The van der Waals surface area contributed by atoms with Crippen molar-refractivity contribution in [1.29, 1.82) is 0 Å². The molecule has 0 amide bonds. The van der Waals surface area contributed by atoms with Gasteiger partial charge in [0.05, 0.1) is 12.6 Å². The molecule has 7 heteroatoms. The van der Waals surface area contributed by atoms with E-state index in [9.17, 15) is 0 Å². The van der Waals surface area contributed by atoms with Gasteiger partial charge in [0.15, 0.2) is 5.96 Å². The Kier molecular flexibility index (Phi) is 9.70. The fraction of sp³-hybridized carbons (Fsp3) is 0.739. The van der Waals surface area contributed by atoms with Crippen LogP contribution in [0.5, 0.6) is 0 Å². The van der Waals surface area contributed by atoms with Crippen molar-refractivity contribution < 1.29 is 4.74 Å². The van der Waals surface area contributed by atoms with Gasteiger partial charge in [0.2, 0.25) is 0 Å². The quantitative estimate of drug-likeness (QED) is 0.367. The third kappa shape index (κ3) is 7.76. The number of hydrogen-bond acceptors (Lipinski definition) is 5. The van der Waals surface area contributed by atoms with Crippen LogP contribution >= 0.6 is 0 Å². The van der Waals surface area contributed by atoms with E-state index >= 15 is 0 Å². The van der Waals surface area contributed by atoms with Crippen molar-refractivity contribution in [2.24, 2.45) is 4.99 Å². The van der Waals surface area contributed by atoms with Crippen molar-refractivity contribution in [2.75, 3.05) is 57.8 Å². The summed E-state index contributed by atoms with van der Waals surface area (Å²) in [5.41, 5.74) is 1.19. The number of aliphatic imine (C=N–C) groups is 1. The van der Waals surface area contributed by atoms with Crippen LogP contribution in [0.1, 0.15) is 51.0 Å². The first-order valence-corrected chi connectivity index (χ1v) is 11.8. The molecule has 2 fully saturated rings. The minimum atomic E-state index is 0.488. The van der Waals surface area contributed by atoms with Gasteiger partial charge in [0.1, 0.15) is 5.82 Å². The van der Waals surface area contributed by atoms with E-state index in [0.717, 1.165) is 64.1 Å². The largest absolute Gasteiger partial charge is 0.378 e. The fourth-order valence-corrected chi connectivity index (χ4v) is 4.04. The van der Waals surface area contributed by atoms with E-state index in [1.54, 1.807) is 0 Å². The van der Waals surface area contributed by atoms with Gasteiger partial charge >= 0.3 is 0 Å². The fourth-order valence-electron chi connectivity index (χ4n) is 4.04. The van der Waals surface area contributed by atoms with Crippen LogP contribution in [-0.4, -0.2) is 74.9 Å². The molecule has 0 radical (unpaired) electrons. The van der Waals surface area contributed by atoms with Crippen LogP contribution < -0.4 is 15.5 Å². The maximum absolute atomic E-state index is 6.02. The molecule has 2 heterocycles. The molecular weight excluding hydrogens is 376 g/mol. The SMILES string of the molecule is CCNC(=NCc1ccnc(N2CCN(C)CC2)c1)NCCCOC1CCCCC1. The highest BCUT2D eigenvalue weighted by atomic mass is 16.5. The summed E-state index contributed by atoms with van der Waals surface area (Å²) in [6.45, 7) is 9.54. The summed E-state index contributed by atoms with van der Waals surface area (Å²) in [5.74, 6) is 1.93. The lowest BCUT2D eigenvalue weighted by molar-refractivity contribution is 0.0277. The van der Waals surface area contributed by atoms with Gasteiger partial charge in [-0.15, -0.1) is 0 Å². The van der Waals surface area contributed by atoms with Gasteiger partial charge in [-0.1, -0.05) is 19.3 Å². The van der Waals surface area contributed by atoms with Crippen molar-refractivity contribution >= 4 is 11.8 Å². The molecule has 168 valence electrons. The number of rotatable bonds is 9. The van der Waals surface area contributed by atoms with Crippen LogP contribution in [0.25, 0.3) is 0 Å². The third-order valence-electron chi connectivity index (χ3n) is 5.92. The van der Waals surface area contributed by atoms with E-state index in [-0.39, 0.29) is 0 Å². The molecule has 1 aromatic rings. The van der Waals surface area contributed by atoms with Gasteiger partial charge in [-0.05, 0) is 50.9 Å². The number of hydrogen-bond donors (Lipinski definition) is 2. The molecule has 2 aliphatic rings.